The van der Waals surface area contributed by atoms with Crippen LogP contribution >= 0.6 is 0 Å². The van der Waals surface area contributed by atoms with Gasteiger partial charge in [-0.3, -0.25) is 9.78 Å². The van der Waals surface area contributed by atoms with E-state index >= 15 is 0 Å². The second-order valence-corrected chi connectivity index (χ2v) is 11.3. The second kappa shape index (κ2) is 11.5. The fourth-order valence-electron chi connectivity index (χ4n) is 4.42. The molecule has 1 aromatic carbocycles. The number of nitrogens with one attached hydrogen (secondary N) is 1. The molecule has 0 unspecified atom stereocenters. The molecule has 1 N–H and O–H groups in total. The van der Waals surface area contributed by atoms with Crippen molar-refractivity contribution < 1.29 is 48.3 Å². The van der Waals surface area contributed by atoms with Gasteiger partial charge < -0.3 is 5.32 Å². The summed E-state index contributed by atoms with van der Waals surface area (Å²) in [5, 5.41) is 2.33. The van der Waals surface area contributed by atoms with Crippen molar-refractivity contribution in [1.29, 1.82) is 0 Å². The maximum Gasteiger partial charge on any atom is 0.451 e. The number of pyridine rings is 1. The summed E-state index contributed by atoms with van der Waals surface area (Å²) >= 11 is 0. The van der Waals surface area contributed by atoms with E-state index in [-0.39, 0.29) is 22.4 Å². The molecule has 0 spiro atoms. The van der Waals surface area contributed by atoms with E-state index < -0.39 is 82.5 Å². The van der Waals surface area contributed by atoms with Crippen molar-refractivity contribution in [2.45, 2.75) is 61.8 Å². The summed E-state index contributed by atoms with van der Waals surface area (Å²) in [6.07, 6.45) is -10.9. The standard InChI is InChI=1S/C25H21F8N5O3S/c1-13-19(27)7-21(38(13)42(40,41)18-4-2-17(26)3-5-18)22(39)35-9-14-6-20(34-10-15(14)8-24(28,29)30)16-11-36-23(37-12-16)25(31,32)33/h2-6,10-13,19,21H,7-9H2,1H3,(H,35,39)/t13-,19+,21-/m0/s1. The van der Waals surface area contributed by atoms with E-state index in [4.69, 9.17) is 0 Å². The van der Waals surface area contributed by atoms with Gasteiger partial charge in [-0.15, -0.1) is 0 Å². The topological polar surface area (TPSA) is 105 Å². The van der Waals surface area contributed by atoms with Crippen molar-refractivity contribution in [1.82, 2.24) is 24.6 Å². The molecule has 3 heterocycles. The Bertz CT molecular complexity index is 1550. The SMILES string of the molecule is C[C@H]1[C@H](F)C[C@@H](C(=O)NCc2cc(-c3cnc(C(F)(F)F)nc3)ncc2CC(F)(F)F)N1S(=O)(=O)c1ccc(F)cc1. The van der Waals surface area contributed by atoms with Crippen LogP contribution in [-0.4, -0.2) is 58.0 Å². The van der Waals surface area contributed by atoms with E-state index in [9.17, 15) is 48.3 Å². The Hall–Kier alpha value is -3.73. The molecule has 1 fully saturated rings. The van der Waals surface area contributed by atoms with Crippen molar-refractivity contribution in [2.24, 2.45) is 0 Å². The predicted molar refractivity (Wildman–Crippen MR) is 130 cm³/mol. The third kappa shape index (κ3) is 6.83. The lowest BCUT2D eigenvalue weighted by molar-refractivity contribution is -0.145. The van der Waals surface area contributed by atoms with E-state index in [0.717, 1.165) is 48.9 Å². The minimum Gasteiger partial charge on any atom is -0.351 e. The second-order valence-electron chi connectivity index (χ2n) is 9.44. The number of sulfonamides is 1. The van der Waals surface area contributed by atoms with E-state index in [1.165, 1.54) is 6.92 Å². The van der Waals surface area contributed by atoms with E-state index in [0.29, 0.717) is 4.31 Å². The number of rotatable bonds is 7. The van der Waals surface area contributed by atoms with E-state index in [2.05, 4.69) is 20.3 Å². The lowest BCUT2D eigenvalue weighted by Gasteiger charge is -2.27. The zero-order valence-corrected chi connectivity index (χ0v) is 22.2. The van der Waals surface area contributed by atoms with Crippen LogP contribution < -0.4 is 5.32 Å². The Balaban J connectivity index is 1.61. The number of aromatic nitrogens is 3. The van der Waals surface area contributed by atoms with Gasteiger partial charge in [0.25, 0.3) is 0 Å². The van der Waals surface area contributed by atoms with Crippen molar-refractivity contribution >= 4 is 15.9 Å². The highest BCUT2D eigenvalue weighted by Gasteiger charge is 2.49. The number of benzene rings is 1. The van der Waals surface area contributed by atoms with Crippen LogP contribution in [0.5, 0.6) is 0 Å². The largest absolute Gasteiger partial charge is 0.451 e. The quantitative estimate of drug-likeness (QED) is 0.386. The Labute approximate surface area is 233 Å². The molecule has 0 radical (unpaired) electrons. The minimum atomic E-state index is -4.83. The first-order valence-corrected chi connectivity index (χ1v) is 13.6. The fourth-order valence-corrected chi connectivity index (χ4v) is 6.23. The number of carbonyl (C=O) groups is 1. The molecule has 8 nitrogen and oxygen atoms in total. The van der Waals surface area contributed by atoms with Crippen LogP contribution in [-0.2, 0) is 34.0 Å². The molecule has 0 aliphatic carbocycles. The van der Waals surface area contributed by atoms with E-state index in [1.54, 1.807) is 0 Å². The number of hydrogen-bond acceptors (Lipinski definition) is 6. The molecule has 1 amide bonds. The van der Waals surface area contributed by atoms with Crippen LogP contribution in [0.1, 0.15) is 30.3 Å². The number of hydrogen-bond donors (Lipinski definition) is 1. The molecule has 42 heavy (non-hydrogen) atoms. The molecule has 0 bridgehead atoms. The first-order valence-electron chi connectivity index (χ1n) is 12.1. The Morgan fingerprint density at radius 3 is 2.19 bits per heavy atom. The van der Waals surface area contributed by atoms with Gasteiger partial charge in [-0.25, -0.2) is 27.2 Å². The molecule has 3 aromatic rings. The van der Waals surface area contributed by atoms with Gasteiger partial charge in [0.1, 0.15) is 18.0 Å². The number of halogens is 8. The number of nitrogens with zero attached hydrogens (tertiary/aromatic N) is 4. The zero-order chi connectivity index (χ0) is 31.0. The summed E-state index contributed by atoms with van der Waals surface area (Å²) in [4.78, 5) is 23.0. The summed E-state index contributed by atoms with van der Waals surface area (Å²) in [5.41, 5.74) is -0.673. The van der Waals surface area contributed by atoms with Gasteiger partial charge in [0.2, 0.25) is 21.8 Å². The Kier molecular flexibility index (Phi) is 8.55. The summed E-state index contributed by atoms with van der Waals surface area (Å²) in [6.45, 7) is 0.648. The monoisotopic (exact) mass is 623 g/mol. The smallest absolute Gasteiger partial charge is 0.351 e. The molecule has 226 valence electrons. The minimum absolute atomic E-state index is 0.0596. The Morgan fingerprint density at radius 1 is 1.00 bits per heavy atom. The molecule has 0 saturated carbocycles. The number of alkyl halides is 7. The van der Waals surface area contributed by atoms with Crippen molar-refractivity contribution in [3.63, 3.8) is 0 Å². The highest BCUT2D eigenvalue weighted by molar-refractivity contribution is 7.89. The maximum atomic E-state index is 14.7. The molecule has 1 saturated heterocycles. The summed E-state index contributed by atoms with van der Waals surface area (Å²) in [7, 11) is -4.49. The van der Waals surface area contributed by atoms with Gasteiger partial charge in [0, 0.05) is 37.1 Å². The molecule has 2 aromatic heterocycles. The molecular formula is C25H21F8N5O3S. The summed E-state index contributed by atoms with van der Waals surface area (Å²) < 4.78 is 133. The lowest BCUT2D eigenvalue weighted by Crippen LogP contribution is -2.48. The lowest BCUT2D eigenvalue weighted by atomic mass is 10.0. The molecule has 4 rings (SSSR count). The van der Waals surface area contributed by atoms with E-state index in [1.807, 2.05) is 0 Å². The van der Waals surface area contributed by atoms with Gasteiger partial charge >= 0.3 is 12.4 Å². The molecular weight excluding hydrogens is 602 g/mol. The van der Waals surface area contributed by atoms with Crippen LogP contribution in [0.15, 0.2) is 53.8 Å². The average Bonchev–Trinajstić information content (AvgIpc) is 3.21. The van der Waals surface area contributed by atoms with Gasteiger partial charge in [0.05, 0.1) is 23.1 Å². The normalized spacial score (nSPS) is 20.1. The average molecular weight is 624 g/mol. The molecule has 1 aliphatic heterocycles. The molecule has 3 atom stereocenters. The molecule has 17 heteroatoms. The van der Waals surface area contributed by atoms with Crippen LogP contribution in [0.3, 0.4) is 0 Å². The van der Waals surface area contributed by atoms with Crippen LogP contribution in [0.2, 0.25) is 0 Å². The highest BCUT2D eigenvalue weighted by atomic mass is 32.2. The van der Waals surface area contributed by atoms with Gasteiger partial charge in [-0.1, -0.05) is 0 Å². The fraction of sp³-hybridized carbons (Fsp3) is 0.360. The van der Waals surface area contributed by atoms with Crippen LogP contribution in [0.4, 0.5) is 35.1 Å². The van der Waals surface area contributed by atoms with Crippen molar-refractivity contribution in [3.8, 4) is 11.3 Å². The third-order valence-corrected chi connectivity index (χ3v) is 8.51. The van der Waals surface area contributed by atoms with Gasteiger partial charge in [-0.05, 0) is 48.4 Å². The number of carbonyl (C=O) groups excluding carboxylic acids is 1. The Morgan fingerprint density at radius 2 is 1.62 bits per heavy atom. The zero-order valence-electron chi connectivity index (χ0n) is 21.4. The summed E-state index contributed by atoms with van der Waals surface area (Å²) in [6, 6.07) is 1.87. The predicted octanol–water partition coefficient (Wildman–Crippen LogP) is 4.61. The maximum absolute atomic E-state index is 14.7. The van der Waals surface area contributed by atoms with Crippen molar-refractivity contribution in [2.75, 3.05) is 0 Å². The van der Waals surface area contributed by atoms with Crippen LogP contribution in [0.25, 0.3) is 11.3 Å². The third-order valence-electron chi connectivity index (χ3n) is 6.50. The van der Waals surface area contributed by atoms with Gasteiger partial charge in [0.15, 0.2) is 0 Å². The molecule has 1 aliphatic rings. The van der Waals surface area contributed by atoms with Crippen LogP contribution in [0, 0.1) is 5.82 Å². The highest BCUT2D eigenvalue weighted by Crippen LogP contribution is 2.34. The first-order chi connectivity index (χ1) is 19.5. The van der Waals surface area contributed by atoms with Gasteiger partial charge in [-0.2, -0.15) is 30.6 Å². The summed E-state index contributed by atoms with van der Waals surface area (Å²) in [5.74, 6) is -3.18. The van der Waals surface area contributed by atoms with Crippen molar-refractivity contribution in [3.05, 3.63) is 71.7 Å². The first kappa shape index (κ1) is 31.2. The number of amides is 1.